The molecular weight excluding hydrogens is 218 g/mol. The van der Waals surface area contributed by atoms with E-state index in [1.54, 1.807) is 11.9 Å². The fourth-order valence-electron chi connectivity index (χ4n) is 1.54. The van der Waals surface area contributed by atoms with Gasteiger partial charge in [0.1, 0.15) is 0 Å². The molecular formula is C10H18F2N2O2. The number of amides is 1. The molecule has 1 saturated carbocycles. The summed E-state index contributed by atoms with van der Waals surface area (Å²) in [6.07, 6.45) is -0.487. The Hall–Kier alpha value is -0.750. The highest BCUT2D eigenvalue weighted by molar-refractivity contribution is 5.78. The number of carbonyl (C=O) groups is 1. The maximum atomic E-state index is 12.2. The van der Waals surface area contributed by atoms with Gasteiger partial charge in [-0.25, -0.2) is 8.78 Å². The van der Waals surface area contributed by atoms with Crippen molar-refractivity contribution in [3.05, 3.63) is 0 Å². The number of halogens is 2. The Balaban J connectivity index is 2.36. The number of alkyl halides is 2. The zero-order chi connectivity index (χ0) is 12.1. The smallest absolute Gasteiger partial charge is 0.251 e. The Morgan fingerprint density at radius 1 is 1.50 bits per heavy atom. The van der Waals surface area contributed by atoms with E-state index in [2.05, 4.69) is 0 Å². The molecule has 0 aliphatic heterocycles. The lowest BCUT2D eigenvalue weighted by atomic mass is 10.4. The van der Waals surface area contributed by atoms with Crippen LogP contribution in [0.3, 0.4) is 0 Å². The summed E-state index contributed by atoms with van der Waals surface area (Å²) in [6, 6.07) is 0.287. The van der Waals surface area contributed by atoms with Gasteiger partial charge in [0.25, 0.3) is 6.43 Å². The maximum Gasteiger partial charge on any atom is 0.251 e. The predicted molar refractivity (Wildman–Crippen MR) is 55.3 cm³/mol. The van der Waals surface area contributed by atoms with Gasteiger partial charge in [-0.15, -0.1) is 0 Å². The normalized spacial score (nSPS) is 15.9. The van der Waals surface area contributed by atoms with Crippen molar-refractivity contribution in [1.82, 2.24) is 9.80 Å². The van der Waals surface area contributed by atoms with Crippen LogP contribution in [0.25, 0.3) is 0 Å². The topological polar surface area (TPSA) is 43.8 Å². The summed E-state index contributed by atoms with van der Waals surface area (Å²) >= 11 is 0. The third-order valence-corrected chi connectivity index (χ3v) is 2.66. The molecule has 0 bridgehead atoms. The minimum atomic E-state index is -2.48. The van der Waals surface area contributed by atoms with E-state index in [0.29, 0.717) is 0 Å². The lowest BCUT2D eigenvalue weighted by molar-refractivity contribution is -0.132. The number of rotatable bonds is 7. The van der Waals surface area contributed by atoms with Gasteiger partial charge in [-0.2, -0.15) is 0 Å². The lowest BCUT2D eigenvalue weighted by Crippen LogP contribution is -2.42. The molecule has 1 N–H and O–H groups in total. The molecule has 0 unspecified atom stereocenters. The lowest BCUT2D eigenvalue weighted by Gasteiger charge is -2.24. The van der Waals surface area contributed by atoms with E-state index in [1.807, 2.05) is 0 Å². The number of aliphatic hydroxyl groups is 1. The Kier molecular flexibility index (Phi) is 5.08. The molecule has 0 saturated heterocycles. The molecule has 16 heavy (non-hydrogen) atoms. The van der Waals surface area contributed by atoms with Gasteiger partial charge in [-0.05, 0) is 12.8 Å². The highest BCUT2D eigenvalue weighted by Crippen LogP contribution is 2.25. The van der Waals surface area contributed by atoms with Crippen LogP contribution >= 0.6 is 0 Å². The van der Waals surface area contributed by atoms with Crippen molar-refractivity contribution >= 4 is 5.91 Å². The van der Waals surface area contributed by atoms with Gasteiger partial charge in [-0.3, -0.25) is 9.69 Å². The Morgan fingerprint density at radius 3 is 2.56 bits per heavy atom. The summed E-state index contributed by atoms with van der Waals surface area (Å²) in [6.45, 7) is -0.621. The SMILES string of the molecule is CN(C(=O)CN(CCO)CC(F)F)C1CC1. The van der Waals surface area contributed by atoms with Crippen molar-refractivity contribution in [3.63, 3.8) is 0 Å². The number of aliphatic hydroxyl groups excluding tert-OH is 1. The van der Waals surface area contributed by atoms with E-state index in [4.69, 9.17) is 5.11 Å². The van der Waals surface area contributed by atoms with Gasteiger partial charge < -0.3 is 10.0 Å². The first kappa shape index (κ1) is 13.3. The minimum Gasteiger partial charge on any atom is -0.395 e. The molecule has 0 aromatic rings. The van der Waals surface area contributed by atoms with E-state index in [1.165, 1.54) is 4.90 Å². The molecule has 1 amide bonds. The molecule has 1 aliphatic rings. The van der Waals surface area contributed by atoms with Gasteiger partial charge in [0.15, 0.2) is 0 Å². The van der Waals surface area contributed by atoms with Crippen molar-refractivity contribution in [2.45, 2.75) is 25.3 Å². The van der Waals surface area contributed by atoms with E-state index in [9.17, 15) is 13.6 Å². The number of hydrogen-bond donors (Lipinski definition) is 1. The second-order valence-corrected chi connectivity index (χ2v) is 4.09. The first-order chi connectivity index (χ1) is 7.54. The third kappa shape index (κ3) is 4.40. The Bertz CT molecular complexity index is 235. The van der Waals surface area contributed by atoms with Crippen LogP contribution in [0.4, 0.5) is 8.78 Å². The van der Waals surface area contributed by atoms with Crippen molar-refractivity contribution in [3.8, 4) is 0 Å². The summed E-state index contributed by atoms with van der Waals surface area (Å²) in [7, 11) is 1.69. The first-order valence-corrected chi connectivity index (χ1v) is 5.41. The van der Waals surface area contributed by atoms with Crippen molar-refractivity contribution in [2.24, 2.45) is 0 Å². The fraction of sp³-hybridized carbons (Fsp3) is 0.900. The zero-order valence-electron chi connectivity index (χ0n) is 9.40. The van der Waals surface area contributed by atoms with Crippen LogP contribution < -0.4 is 0 Å². The summed E-state index contributed by atoms with van der Waals surface area (Å²) in [4.78, 5) is 14.5. The average Bonchev–Trinajstić information content (AvgIpc) is 2.99. The molecule has 1 aliphatic carbocycles. The molecule has 1 fully saturated rings. The van der Waals surface area contributed by atoms with E-state index in [0.717, 1.165) is 12.8 Å². The average molecular weight is 236 g/mol. The van der Waals surface area contributed by atoms with Crippen molar-refractivity contribution in [2.75, 3.05) is 33.3 Å². The molecule has 4 nitrogen and oxygen atoms in total. The minimum absolute atomic E-state index is 0.0437. The molecule has 0 aromatic heterocycles. The standard InChI is InChI=1S/C10H18F2N2O2/c1-13(8-2-3-8)10(16)7-14(4-5-15)6-9(11)12/h8-9,15H,2-7H2,1H3. The maximum absolute atomic E-state index is 12.2. The molecule has 0 atom stereocenters. The van der Waals surface area contributed by atoms with Crippen LogP contribution in [0.1, 0.15) is 12.8 Å². The van der Waals surface area contributed by atoms with Crippen LogP contribution in [0.15, 0.2) is 0 Å². The van der Waals surface area contributed by atoms with Crippen LogP contribution in [-0.4, -0.2) is 66.6 Å². The Morgan fingerprint density at radius 2 is 2.12 bits per heavy atom. The summed E-state index contributed by atoms with van der Waals surface area (Å²) in [5.41, 5.74) is 0. The zero-order valence-corrected chi connectivity index (χ0v) is 9.40. The number of nitrogens with zero attached hydrogens (tertiary/aromatic N) is 2. The fourth-order valence-corrected chi connectivity index (χ4v) is 1.54. The first-order valence-electron chi connectivity index (χ1n) is 5.41. The van der Waals surface area contributed by atoms with Crippen LogP contribution in [0.5, 0.6) is 0 Å². The van der Waals surface area contributed by atoms with E-state index >= 15 is 0 Å². The van der Waals surface area contributed by atoms with Gasteiger partial charge >= 0.3 is 0 Å². The summed E-state index contributed by atoms with van der Waals surface area (Å²) in [5, 5.41) is 8.71. The van der Waals surface area contributed by atoms with Crippen LogP contribution in [0, 0.1) is 0 Å². The molecule has 0 aromatic carbocycles. The highest BCUT2D eigenvalue weighted by atomic mass is 19.3. The molecule has 0 heterocycles. The molecule has 0 radical (unpaired) electrons. The largest absolute Gasteiger partial charge is 0.395 e. The van der Waals surface area contributed by atoms with Crippen molar-refractivity contribution < 1.29 is 18.7 Å². The van der Waals surface area contributed by atoms with Crippen molar-refractivity contribution in [1.29, 1.82) is 0 Å². The quantitative estimate of drug-likeness (QED) is 0.685. The molecule has 1 rings (SSSR count). The highest BCUT2D eigenvalue weighted by Gasteiger charge is 2.30. The number of carbonyl (C=O) groups excluding carboxylic acids is 1. The summed E-state index contributed by atoms with van der Waals surface area (Å²) in [5.74, 6) is -0.156. The summed E-state index contributed by atoms with van der Waals surface area (Å²) < 4.78 is 24.4. The van der Waals surface area contributed by atoms with Gasteiger partial charge in [0.05, 0.1) is 19.7 Å². The van der Waals surface area contributed by atoms with E-state index < -0.39 is 13.0 Å². The van der Waals surface area contributed by atoms with Gasteiger partial charge in [-0.1, -0.05) is 0 Å². The monoisotopic (exact) mass is 236 g/mol. The number of hydrogen-bond acceptors (Lipinski definition) is 3. The third-order valence-electron chi connectivity index (χ3n) is 2.66. The Labute approximate surface area is 93.8 Å². The molecule has 0 spiro atoms. The van der Waals surface area contributed by atoms with Crippen LogP contribution in [-0.2, 0) is 4.79 Å². The second-order valence-electron chi connectivity index (χ2n) is 4.09. The second kappa shape index (κ2) is 6.10. The molecule has 6 heteroatoms. The van der Waals surface area contributed by atoms with Crippen LogP contribution in [0.2, 0.25) is 0 Å². The van der Waals surface area contributed by atoms with Gasteiger partial charge in [0.2, 0.25) is 5.91 Å². The predicted octanol–water partition coefficient (Wildman–Crippen LogP) is 0.167. The number of likely N-dealkylation sites (N-methyl/N-ethyl adjacent to an activating group) is 1. The molecule has 94 valence electrons. The van der Waals surface area contributed by atoms with E-state index in [-0.39, 0.29) is 31.6 Å². The van der Waals surface area contributed by atoms with Gasteiger partial charge in [0, 0.05) is 19.6 Å².